The summed E-state index contributed by atoms with van der Waals surface area (Å²) in [6, 6.07) is 11.7. The first kappa shape index (κ1) is 21.4. The highest BCUT2D eigenvalue weighted by Crippen LogP contribution is 2.44. The number of fused-ring (bicyclic) bond motifs is 1. The van der Waals surface area contributed by atoms with Crippen LogP contribution in [-0.2, 0) is 4.79 Å². The zero-order valence-corrected chi connectivity index (χ0v) is 18.0. The number of ether oxygens (including phenoxy) is 1. The molecule has 1 aliphatic carbocycles. The Balaban J connectivity index is 1.15. The van der Waals surface area contributed by atoms with Crippen molar-refractivity contribution in [1.29, 1.82) is 0 Å². The molecule has 1 saturated heterocycles. The molecule has 0 aromatic heterocycles. The zero-order valence-electron chi connectivity index (χ0n) is 18.0. The van der Waals surface area contributed by atoms with Crippen LogP contribution in [0.5, 0.6) is 5.75 Å². The second-order valence-corrected chi connectivity index (χ2v) is 9.39. The molecule has 2 aromatic rings. The second-order valence-electron chi connectivity index (χ2n) is 9.39. The van der Waals surface area contributed by atoms with Gasteiger partial charge in [0.2, 0.25) is 5.91 Å². The lowest BCUT2D eigenvalue weighted by Gasteiger charge is -2.46. The number of aliphatic hydroxyl groups excluding tert-OH is 2. The van der Waals surface area contributed by atoms with Crippen molar-refractivity contribution in [2.45, 2.75) is 49.9 Å². The van der Waals surface area contributed by atoms with Crippen LogP contribution in [0.2, 0.25) is 0 Å². The fourth-order valence-corrected chi connectivity index (χ4v) is 4.79. The van der Waals surface area contributed by atoms with Crippen LogP contribution in [0.25, 0.3) is 0 Å². The van der Waals surface area contributed by atoms with Crippen LogP contribution < -0.4 is 10.1 Å². The third-order valence-corrected chi connectivity index (χ3v) is 6.93. The predicted octanol–water partition coefficient (Wildman–Crippen LogP) is 3.56. The largest absolute Gasteiger partial charge is 0.487 e. The molecule has 3 N–H and O–H groups in total. The average molecular weight is 441 g/mol. The molecule has 2 atom stereocenters. The number of amides is 1. The number of hydrogen-bond acceptors (Lipinski definition) is 5. The Morgan fingerprint density at radius 1 is 1.19 bits per heavy atom. The molecule has 1 saturated carbocycles. The summed E-state index contributed by atoms with van der Waals surface area (Å²) in [4.78, 5) is 14.1. The summed E-state index contributed by atoms with van der Waals surface area (Å²) >= 11 is 0. The highest BCUT2D eigenvalue weighted by Gasteiger charge is 2.43. The Labute approximate surface area is 187 Å². The summed E-state index contributed by atoms with van der Waals surface area (Å²) in [6.07, 6.45) is 2.50. The maximum Gasteiger partial charge on any atom is 0.227 e. The molecule has 32 heavy (non-hydrogen) atoms. The van der Waals surface area contributed by atoms with Crippen molar-refractivity contribution in [3.63, 3.8) is 0 Å². The SMILES string of the molecule is O=C(Nc1ccc([C@H](O)CN2CCC3(CC2)C[C@@H](O)c2cc(F)ccc2O3)cc1)C1CC1. The first-order chi connectivity index (χ1) is 15.4. The molecule has 2 heterocycles. The minimum atomic E-state index is -0.731. The summed E-state index contributed by atoms with van der Waals surface area (Å²) in [5, 5.41) is 24.2. The van der Waals surface area contributed by atoms with Crippen LogP contribution in [0.15, 0.2) is 42.5 Å². The lowest BCUT2D eigenvalue weighted by atomic mass is 9.81. The van der Waals surface area contributed by atoms with Crippen molar-refractivity contribution in [1.82, 2.24) is 4.90 Å². The van der Waals surface area contributed by atoms with Gasteiger partial charge in [0.1, 0.15) is 17.2 Å². The van der Waals surface area contributed by atoms with E-state index in [9.17, 15) is 19.4 Å². The average Bonchev–Trinajstić information content (AvgIpc) is 3.62. The monoisotopic (exact) mass is 440 g/mol. The molecule has 1 spiro atoms. The molecule has 0 radical (unpaired) electrons. The Morgan fingerprint density at radius 2 is 1.91 bits per heavy atom. The predicted molar refractivity (Wildman–Crippen MR) is 118 cm³/mol. The van der Waals surface area contributed by atoms with E-state index < -0.39 is 17.8 Å². The van der Waals surface area contributed by atoms with Gasteiger partial charge in [-0.25, -0.2) is 4.39 Å². The van der Waals surface area contributed by atoms with Gasteiger partial charge in [0, 0.05) is 43.2 Å². The number of nitrogens with one attached hydrogen (secondary N) is 1. The Kier molecular flexibility index (Phi) is 5.65. The van der Waals surface area contributed by atoms with E-state index >= 15 is 0 Å². The molecule has 3 aliphatic rings. The molecule has 5 rings (SSSR count). The summed E-state index contributed by atoms with van der Waals surface area (Å²) in [7, 11) is 0. The molecule has 0 unspecified atom stereocenters. The molecule has 1 amide bonds. The Bertz CT molecular complexity index is 984. The Morgan fingerprint density at radius 3 is 2.59 bits per heavy atom. The van der Waals surface area contributed by atoms with Gasteiger partial charge in [-0.05, 0) is 61.6 Å². The van der Waals surface area contributed by atoms with E-state index in [1.807, 2.05) is 24.3 Å². The van der Waals surface area contributed by atoms with Crippen LogP contribution in [0, 0.1) is 11.7 Å². The highest BCUT2D eigenvalue weighted by molar-refractivity contribution is 5.94. The van der Waals surface area contributed by atoms with Crippen molar-refractivity contribution >= 4 is 11.6 Å². The van der Waals surface area contributed by atoms with Gasteiger partial charge < -0.3 is 25.2 Å². The molecular weight excluding hydrogens is 411 g/mol. The van der Waals surface area contributed by atoms with Gasteiger partial charge in [-0.1, -0.05) is 12.1 Å². The first-order valence-electron chi connectivity index (χ1n) is 11.4. The maximum absolute atomic E-state index is 13.5. The van der Waals surface area contributed by atoms with E-state index in [1.165, 1.54) is 12.1 Å². The molecule has 0 bridgehead atoms. The number of anilines is 1. The van der Waals surface area contributed by atoms with E-state index in [4.69, 9.17) is 4.74 Å². The number of hydrogen-bond donors (Lipinski definition) is 3. The number of piperidine rings is 1. The van der Waals surface area contributed by atoms with Gasteiger partial charge in [-0.2, -0.15) is 0 Å². The van der Waals surface area contributed by atoms with E-state index in [0.29, 0.717) is 24.3 Å². The second kappa shape index (κ2) is 8.46. The number of rotatable bonds is 5. The van der Waals surface area contributed by atoms with Crippen molar-refractivity contribution in [2.75, 3.05) is 25.0 Å². The van der Waals surface area contributed by atoms with Crippen LogP contribution in [-0.4, -0.2) is 46.3 Å². The van der Waals surface area contributed by atoms with Crippen molar-refractivity contribution in [3.05, 3.63) is 59.4 Å². The van der Waals surface area contributed by atoms with Crippen molar-refractivity contribution < 1.29 is 24.1 Å². The van der Waals surface area contributed by atoms with Gasteiger partial charge in [-0.3, -0.25) is 4.79 Å². The van der Waals surface area contributed by atoms with Gasteiger partial charge in [0.05, 0.1) is 12.2 Å². The number of aliphatic hydroxyl groups is 2. The molecular formula is C25H29FN2O4. The minimum absolute atomic E-state index is 0.0725. The molecule has 2 aromatic carbocycles. The smallest absolute Gasteiger partial charge is 0.227 e. The summed E-state index contributed by atoms with van der Waals surface area (Å²) < 4.78 is 19.8. The van der Waals surface area contributed by atoms with Gasteiger partial charge in [0.15, 0.2) is 0 Å². The van der Waals surface area contributed by atoms with Crippen LogP contribution in [0.3, 0.4) is 0 Å². The fraction of sp³-hybridized carbons (Fsp3) is 0.480. The molecule has 2 aliphatic heterocycles. The van der Waals surface area contributed by atoms with Crippen molar-refractivity contribution in [2.24, 2.45) is 5.92 Å². The molecule has 2 fully saturated rings. The third-order valence-electron chi connectivity index (χ3n) is 6.93. The molecule has 6 nitrogen and oxygen atoms in total. The van der Waals surface area contributed by atoms with E-state index in [-0.39, 0.29) is 17.6 Å². The van der Waals surface area contributed by atoms with E-state index in [2.05, 4.69) is 10.2 Å². The number of halogens is 1. The normalized spacial score (nSPS) is 23.3. The fourth-order valence-electron chi connectivity index (χ4n) is 4.79. The standard InChI is InChI=1S/C25H29FN2O4/c26-18-5-8-23-20(13-18)21(29)14-25(32-23)9-11-28(12-10-25)15-22(30)16-3-6-19(7-4-16)27-24(31)17-1-2-17/h3-8,13,17,21-22,29-30H,1-2,9-12,14-15H2,(H,27,31)/t21-,22-/m1/s1. The number of carbonyl (C=O) groups excluding carboxylic acids is 1. The summed E-state index contributed by atoms with van der Waals surface area (Å²) in [5.41, 5.74) is 1.64. The van der Waals surface area contributed by atoms with Gasteiger partial charge in [0.25, 0.3) is 0 Å². The lowest BCUT2D eigenvalue weighted by molar-refractivity contribution is -0.117. The summed E-state index contributed by atoms with van der Waals surface area (Å²) in [5.74, 6) is 0.423. The maximum atomic E-state index is 13.5. The van der Waals surface area contributed by atoms with Gasteiger partial charge in [-0.15, -0.1) is 0 Å². The third kappa shape index (κ3) is 4.51. The van der Waals surface area contributed by atoms with E-state index in [0.717, 1.165) is 50.0 Å². The zero-order chi connectivity index (χ0) is 22.3. The highest BCUT2D eigenvalue weighted by atomic mass is 19.1. The number of likely N-dealkylation sites (tertiary alicyclic amines) is 1. The topological polar surface area (TPSA) is 82.0 Å². The van der Waals surface area contributed by atoms with Gasteiger partial charge >= 0.3 is 0 Å². The van der Waals surface area contributed by atoms with Crippen LogP contribution >= 0.6 is 0 Å². The number of benzene rings is 2. The summed E-state index contributed by atoms with van der Waals surface area (Å²) in [6.45, 7) is 2.00. The minimum Gasteiger partial charge on any atom is -0.487 e. The number of nitrogens with zero attached hydrogens (tertiary/aromatic N) is 1. The number of carbonyl (C=O) groups is 1. The van der Waals surface area contributed by atoms with Crippen molar-refractivity contribution in [3.8, 4) is 5.75 Å². The van der Waals surface area contributed by atoms with Crippen LogP contribution in [0.4, 0.5) is 10.1 Å². The lowest BCUT2D eigenvalue weighted by Crippen LogP contribution is -2.51. The molecule has 7 heteroatoms. The van der Waals surface area contributed by atoms with Crippen LogP contribution in [0.1, 0.15) is 55.4 Å². The quantitative estimate of drug-likeness (QED) is 0.662. The Hall–Kier alpha value is -2.48. The van der Waals surface area contributed by atoms with E-state index in [1.54, 1.807) is 6.07 Å². The number of β-amino-alcohol motifs (C(OH)–C–C–N with tert-alkyl or cyclic N) is 1. The first-order valence-corrected chi connectivity index (χ1v) is 11.4. The molecule has 170 valence electrons.